The van der Waals surface area contributed by atoms with Crippen molar-refractivity contribution in [1.82, 2.24) is 9.73 Å². The molecule has 2 atom stereocenters. The first kappa shape index (κ1) is 20.5. The Morgan fingerprint density at radius 2 is 1.76 bits per heavy atom. The van der Waals surface area contributed by atoms with Crippen LogP contribution in [0.25, 0.3) is 0 Å². The van der Waals surface area contributed by atoms with Gasteiger partial charge < -0.3 is 0 Å². The van der Waals surface area contributed by atoms with Crippen LogP contribution in [0.15, 0.2) is 34.3 Å². The Bertz CT molecular complexity index is 875. The average Bonchev–Trinajstić information content (AvgIpc) is 2.78. The molecule has 2 saturated carbocycles. The van der Waals surface area contributed by atoms with Gasteiger partial charge >= 0.3 is 0 Å². The Hall–Kier alpha value is -1.73. The third-order valence-electron chi connectivity index (χ3n) is 6.73. The molecular weight excluding hydrogens is 386 g/mol. The van der Waals surface area contributed by atoms with E-state index >= 15 is 0 Å². The van der Waals surface area contributed by atoms with Crippen molar-refractivity contribution in [2.24, 2.45) is 16.9 Å². The average molecular weight is 418 g/mol. The summed E-state index contributed by atoms with van der Waals surface area (Å²) in [6.45, 7) is 1.10. The van der Waals surface area contributed by atoms with Crippen LogP contribution in [-0.2, 0) is 10.0 Å². The fourth-order valence-electron chi connectivity index (χ4n) is 5.04. The normalized spacial score (nSPS) is 27.4. The Balaban J connectivity index is 1.42. The smallest absolute Gasteiger partial charge is 0.267 e. The molecule has 0 aromatic heterocycles. The molecule has 4 rings (SSSR count). The molecule has 1 aromatic carbocycles. The fraction of sp³-hybridized carbons (Fsp3) is 0.636. The lowest BCUT2D eigenvalue weighted by atomic mass is 9.70. The number of hydrazone groups is 1. The highest BCUT2D eigenvalue weighted by Gasteiger charge is 2.30. The molecule has 29 heavy (non-hydrogen) atoms. The van der Waals surface area contributed by atoms with Crippen molar-refractivity contribution in [3.8, 4) is 0 Å². The Kier molecular flexibility index (Phi) is 6.35. The van der Waals surface area contributed by atoms with E-state index in [-0.39, 0.29) is 10.8 Å². The van der Waals surface area contributed by atoms with Gasteiger partial charge in [0.2, 0.25) is 10.0 Å². The second-order valence-electron chi connectivity index (χ2n) is 8.66. The lowest BCUT2D eigenvalue weighted by Crippen LogP contribution is -2.35. The summed E-state index contributed by atoms with van der Waals surface area (Å²) in [5.74, 6) is 1.19. The van der Waals surface area contributed by atoms with Crippen molar-refractivity contribution in [2.45, 2.75) is 69.1 Å². The molecule has 3 fully saturated rings. The molecule has 6 nitrogen and oxygen atoms in total. The van der Waals surface area contributed by atoms with E-state index in [2.05, 4.69) is 10.5 Å². The van der Waals surface area contributed by atoms with Gasteiger partial charge in [0.05, 0.1) is 4.90 Å². The number of carbonyl (C=O) groups excluding carboxylic acids is 1. The van der Waals surface area contributed by atoms with Gasteiger partial charge in [-0.1, -0.05) is 31.7 Å². The number of hydrogen-bond donors (Lipinski definition) is 1. The fourth-order valence-corrected chi connectivity index (χ4v) is 6.60. The summed E-state index contributed by atoms with van der Waals surface area (Å²) in [5, 5.41) is 4.39. The highest BCUT2D eigenvalue weighted by Crippen LogP contribution is 2.39. The summed E-state index contributed by atoms with van der Waals surface area (Å²) >= 11 is 0. The van der Waals surface area contributed by atoms with Gasteiger partial charge in [-0.15, -0.1) is 0 Å². The highest BCUT2D eigenvalue weighted by molar-refractivity contribution is 7.89. The van der Waals surface area contributed by atoms with Crippen molar-refractivity contribution >= 4 is 21.6 Å². The maximum atomic E-state index is 12.9. The van der Waals surface area contributed by atoms with E-state index in [9.17, 15) is 13.2 Å². The number of rotatable bonds is 4. The predicted molar refractivity (Wildman–Crippen MR) is 113 cm³/mol. The molecule has 1 N–H and O–H groups in total. The second-order valence-corrected chi connectivity index (χ2v) is 10.6. The Morgan fingerprint density at radius 3 is 2.55 bits per heavy atom. The minimum absolute atomic E-state index is 0.183. The first-order valence-electron chi connectivity index (χ1n) is 11.0. The second kappa shape index (κ2) is 8.96. The van der Waals surface area contributed by atoms with Crippen molar-refractivity contribution in [3.05, 3.63) is 29.8 Å². The first-order chi connectivity index (χ1) is 14.0. The molecular formula is C22H31N3O3S. The molecule has 1 saturated heterocycles. The lowest BCUT2D eigenvalue weighted by molar-refractivity contribution is 0.0954. The van der Waals surface area contributed by atoms with Gasteiger partial charge in [0.15, 0.2) is 0 Å². The number of benzene rings is 1. The van der Waals surface area contributed by atoms with E-state index in [1.54, 1.807) is 18.2 Å². The number of fused-ring (bicyclic) bond motifs is 1. The SMILES string of the molecule is O=C(N/N=C1/CC[C@H]2CCCC[C@H]2C1)c1cccc(S(=O)(=O)N2CCCCC2)c1. The van der Waals surface area contributed by atoms with Crippen LogP contribution in [0.3, 0.4) is 0 Å². The van der Waals surface area contributed by atoms with Crippen LogP contribution in [0.2, 0.25) is 0 Å². The summed E-state index contributed by atoms with van der Waals surface area (Å²) in [6, 6.07) is 6.31. The van der Waals surface area contributed by atoms with E-state index in [0.717, 1.165) is 43.7 Å². The third kappa shape index (κ3) is 4.72. The molecule has 1 heterocycles. The van der Waals surface area contributed by atoms with Gasteiger partial charge in [-0.3, -0.25) is 4.79 Å². The van der Waals surface area contributed by atoms with Crippen molar-refractivity contribution in [2.75, 3.05) is 13.1 Å². The molecule has 7 heteroatoms. The molecule has 0 unspecified atom stereocenters. The summed E-state index contributed by atoms with van der Waals surface area (Å²) < 4.78 is 27.3. The molecule has 0 spiro atoms. The maximum absolute atomic E-state index is 12.9. The van der Waals surface area contributed by atoms with Gasteiger partial charge in [-0.25, -0.2) is 13.8 Å². The largest absolute Gasteiger partial charge is 0.271 e. The van der Waals surface area contributed by atoms with Crippen LogP contribution in [0.5, 0.6) is 0 Å². The number of sulfonamides is 1. The van der Waals surface area contributed by atoms with Crippen LogP contribution in [0, 0.1) is 11.8 Å². The summed E-state index contributed by atoms with van der Waals surface area (Å²) in [4.78, 5) is 12.8. The number of carbonyl (C=O) groups is 1. The van der Waals surface area contributed by atoms with Crippen molar-refractivity contribution in [1.29, 1.82) is 0 Å². The standard InChI is InChI=1S/C22H31N3O3S/c26-22(24-23-20-12-11-17-7-2-3-8-18(17)15-20)19-9-6-10-21(16-19)29(27,28)25-13-4-1-5-14-25/h6,9-10,16-18H,1-5,7-8,11-15H2,(H,24,26)/b23-20-/t17-,18+/m1/s1. The van der Waals surface area contributed by atoms with E-state index in [4.69, 9.17) is 0 Å². The minimum Gasteiger partial charge on any atom is -0.267 e. The monoisotopic (exact) mass is 417 g/mol. The highest BCUT2D eigenvalue weighted by atomic mass is 32.2. The van der Waals surface area contributed by atoms with Gasteiger partial charge in [-0.2, -0.15) is 9.41 Å². The molecule has 1 aliphatic heterocycles. The molecule has 0 bridgehead atoms. The Labute approximate surface area is 173 Å². The lowest BCUT2D eigenvalue weighted by Gasteiger charge is -2.35. The molecule has 3 aliphatic rings. The molecule has 1 aromatic rings. The van der Waals surface area contributed by atoms with Crippen molar-refractivity contribution < 1.29 is 13.2 Å². The summed E-state index contributed by atoms with van der Waals surface area (Å²) in [7, 11) is -3.55. The van der Waals surface area contributed by atoms with Crippen LogP contribution in [0.4, 0.5) is 0 Å². The number of nitrogens with one attached hydrogen (secondary N) is 1. The van der Waals surface area contributed by atoms with Crippen LogP contribution >= 0.6 is 0 Å². The van der Waals surface area contributed by atoms with Crippen LogP contribution < -0.4 is 5.43 Å². The molecule has 2 aliphatic carbocycles. The van der Waals surface area contributed by atoms with Gasteiger partial charge in [-0.05, 0) is 68.6 Å². The third-order valence-corrected chi connectivity index (χ3v) is 8.63. The van der Waals surface area contributed by atoms with E-state index in [1.807, 2.05) is 0 Å². The predicted octanol–water partition coefficient (Wildman–Crippen LogP) is 3.94. The number of nitrogens with zero attached hydrogens (tertiary/aromatic N) is 2. The summed E-state index contributed by atoms with van der Waals surface area (Å²) in [5.41, 5.74) is 4.06. The quantitative estimate of drug-likeness (QED) is 0.754. The van der Waals surface area contributed by atoms with E-state index < -0.39 is 10.0 Å². The van der Waals surface area contributed by atoms with E-state index in [1.165, 1.54) is 42.5 Å². The summed E-state index contributed by atoms with van der Waals surface area (Å²) in [6.07, 6.45) is 11.2. The zero-order valence-corrected chi connectivity index (χ0v) is 17.8. The Morgan fingerprint density at radius 1 is 1.00 bits per heavy atom. The zero-order valence-electron chi connectivity index (χ0n) is 17.0. The molecule has 158 valence electrons. The topological polar surface area (TPSA) is 78.8 Å². The van der Waals surface area contributed by atoms with Gasteiger partial charge in [0.25, 0.3) is 5.91 Å². The zero-order chi connectivity index (χ0) is 20.3. The number of amides is 1. The van der Waals surface area contributed by atoms with Crippen molar-refractivity contribution in [3.63, 3.8) is 0 Å². The van der Waals surface area contributed by atoms with Gasteiger partial charge in [0, 0.05) is 24.4 Å². The van der Waals surface area contributed by atoms with E-state index in [0.29, 0.717) is 24.6 Å². The van der Waals surface area contributed by atoms with Gasteiger partial charge in [0.1, 0.15) is 0 Å². The number of hydrogen-bond acceptors (Lipinski definition) is 4. The number of piperidine rings is 1. The molecule has 1 amide bonds. The first-order valence-corrected chi connectivity index (χ1v) is 12.4. The minimum atomic E-state index is -3.55. The van der Waals surface area contributed by atoms with Crippen LogP contribution in [0.1, 0.15) is 74.6 Å². The maximum Gasteiger partial charge on any atom is 0.271 e. The van der Waals surface area contributed by atoms with Crippen LogP contribution in [-0.4, -0.2) is 37.4 Å². The molecule has 0 radical (unpaired) electrons.